The Kier molecular flexibility index (Phi) is 4.73. The van der Waals surface area contributed by atoms with Gasteiger partial charge in [0, 0.05) is 18.9 Å². The summed E-state index contributed by atoms with van der Waals surface area (Å²) in [5, 5.41) is 14.5. The van der Waals surface area contributed by atoms with Crippen LogP contribution in [0.25, 0.3) is 0 Å². The fraction of sp³-hybridized carbons (Fsp3) is 0.176. The molecule has 6 heteroatoms. The zero-order valence-electron chi connectivity index (χ0n) is 12.8. The number of nitrogens with one attached hydrogen (secondary N) is 2. The summed E-state index contributed by atoms with van der Waals surface area (Å²) in [6.45, 7) is 2.73. The lowest BCUT2D eigenvalue weighted by atomic mass is 10.1. The molecule has 1 atom stereocenters. The third-order valence-electron chi connectivity index (χ3n) is 3.43. The molecule has 0 spiro atoms. The van der Waals surface area contributed by atoms with Gasteiger partial charge in [-0.2, -0.15) is 10.1 Å². The number of rotatable bonds is 6. The molecule has 2 N–H and O–H groups in total. The van der Waals surface area contributed by atoms with E-state index in [1.165, 1.54) is 5.56 Å². The summed E-state index contributed by atoms with van der Waals surface area (Å²) in [5.74, 6) is 1.18. The minimum atomic E-state index is 0.105. The van der Waals surface area contributed by atoms with Gasteiger partial charge in [0.1, 0.15) is 0 Å². The van der Waals surface area contributed by atoms with E-state index in [0.29, 0.717) is 18.3 Å². The first-order valence-electron chi connectivity index (χ1n) is 7.45. The molecule has 0 amide bonds. The molecule has 6 nitrogen and oxygen atoms in total. The van der Waals surface area contributed by atoms with Crippen LogP contribution in [0.2, 0.25) is 0 Å². The van der Waals surface area contributed by atoms with Gasteiger partial charge in [-0.05, 0) is 30.2 Å². The molecular formula is C17H18N6. The molecule has 0 radical (unpaired) electrons. The zero-order valence-corrected chi connectivity index (χ0v) is 12.8. The molecule has 1 aromatic carbocycles. The second-order valence-electron chi connectivity index (χ2n) is 5.15. The van der Waals surface area contributed by atoms with Gasteiger partial charge in [-0.25, -0.2) is 0 Å². The van der Waals surface area contributed by atoms with E-state index in [1.54, 1.807) is 18.6 Å². The number of hydrogen-bond acceptors (Lipinski definition) is 6. The van der Waals surface area contributed by atoms with Gasteiger partial charge < -0.3 is 10.6 Å². The average Bonchev–Trinajstić information content (AvgIpc) is 2.62. The van der Waals surface area contributed by atoms with Gasteiger partial charge in [0.05, 0.1) is 12.2 Å². The molecule has 3 aromatic rings. The summed E-state index contributed by atoms with van der Waals surface area (Å²) < 4.78 is 0. The zero-order chi connectivity index (χ0) is 15.9. The lowest BCUT2D eigenvalue weighted by Gasteiger charge is -2.14. The summed E-state index contributed by atoms with van der Waals surface area (Å²) in [5.41, 5.74) is 2.30. The van der Waals surface area contributed by atoms with Gasteiger partial charge >= 0.3 is 0 Å². The predicted octanol–water partition coefficient (Wildman–Crippen LogP) is 3.05. The lowest BCUT2D eigenvalue weighted by Crippen LogP contribution is -2.11. The van der Waals surface area contributed by atoms with Crippen LogP contribution in [0, 0.1) is 0 Å². The van der Waals surface area contributed by atoms with E-state index in [1.807, 2.05) is 30.3 Å². The summed E-state index contributed by atoms with van der Waals surface area (Å²) in [7, 11) is 0. The Balaban J connectivity index is 1.63. The maximum atomic E-state index is 4.44. The van der Waals surface area contributed by atoms with Crippen LogP contribution in [0.5, 0.6) is 0 Å². The van der Waals surface area contributed by atoms with E-state index >= 15 is 0 Å². The van der Waals surface area contributed by atoms with Crippen molar-refractivity contribution < 1.29 is 0 Å². The maximum absolute atomic E-state index is 4.44. The largest absolute Gasteiger partial charge is 0.365 e. The standard InChI is InChI=1S/C17H18N6/c1-13(15-5-3-2-4-6-15)21-17-22-16(12-20-23-17)19-11-14-7-9-18-10-8-14/h2-10,12-13H,11H2,1H3,(H2,19,21,22,23). The van der Waals surface area contributed by atoms with Gasteiger partial charge in [-0.15, -0.1) is 5.10 Å². The Morgan fingerprint density at radius 1 is 1.04 bits per heavy atom. The number of aromatic nitrogens is 4. The summed E-state index contributed by atoms with van der Waals surface area (Å²) in [4.78, 5) is 8.44. The fourth-order valence-corrected chi connectivity index (χ4v) is 2.16. The quantitative estimate of drug-likeness (QED) is 0.729. The Labute approximate surface area is 135 Å². The molecule has 0 aliphatic rings. The number of anilines is 2. The highest BCUT2D eigenvalue weighted by Crippen LogP contribution is 2.16. The molecule has 0 saturated carbocycles. The molecule has 0 fully saturated rings. The highest BCUT2D eigenvalue weighted by molar-refractivity contribution is 5.39. The number of pyridine rings is 1. The highest BCUT2D eigenvalue weighted by Gasteiger charge is 2.07. The van der Waals surface area contributed by atoms with Gasteiger partial charge in [0.25, 0.3) is 0 Å². The molecule has 2 aromatic heterocycles. The predicted molar refractivity (Wildman–Crippen MR) is 89.9 cm³/mol. The average molecular weight is 306 g/mol. The van der Waals surface area contributed by atoms with Crippen molar-refractivity contribution in [1.82, 2.24) is 20.2 Å². The second-order valence-corrected chi connectivity index (χ2v) is 5.15. The van der Waals surface area contributed by atoms with E-state index in [4.69, 9.17) is 0 Å². The van der Waals surface area contributed by atoms with Crippen LogP contribution < -0.4 is 10.6 Å². The molecule has 116 valence electrons. The van der Waals surface area contributed by atoms with Crippen molar-refractivity contribution in [2.45, 2.75) is 19.5 Å². The SMILES string of the molecule is CC(Nc1nncc(NCc2ccncc2)n1)c1ccccc1. The fourth-order valence-electron chi connectivity index (χ4n) is 2.16. The first kappa shape index (κ1) is 14.9. The van der Waals surface area contributed by atoms with Crippen LogP contribution in [0.3, 0.4) is 0 Å². The minimum Gasteiger partial charge on any atom is -0.365 e. The van der Waals surface area contributed by atoms with Crippen molar-refractivity contribution in [2.75, 3.05) is 10.6 Å². The summed E-state index contributed by atoms with van der Waals surface area (Å²) in [6, 6.07) is 14.2. The first-order chi connectivity index (χ1) is 11.3. The van der Waals surface area contributed by atoms with Crippen LogP contribution in [0.15, 0.2) is 61.1 Å². The van der Waals surface area contributed by atoms with Crippen LogP contribution in [0.4, 0.5) is 11.8 Å². The van der Waals surface area contributed by atoms with Crippen LogP contribution in [-0.4, -0.2) is 20.2 Å². The second kappa shape index (κ2) is 7.31. The Bertz CT molecular complexity index is 732. The molecule has 1 unspecified atom stereocenters. The Morgan fingerprint density at radius 2 is 1.83 bits per heavy atom. The van der Waals surface area contributed by atoms with Crippen LogP contribution >= 0.6 is 0 Å². The maximum Gasteiger partial charge on any atom is 0.245 e. The van der Waals surface area contributed by atoms with Gasteiger partial charge in [-0.3, -0.25) is 4.98 Å². The van der Waals surface area contributed by atoms with Gasteiger partial charge in [-0.1, -0.05) is 30.3 Å². The molecule has 23 heavy (non-hydrogen) atoms. The van der Waals surface area contributed by atoms with E-state index in [9.17, 15) is 0 Å². The highest BCUT2D eigenvalue weighted by atomic mass is 15.3. The number of nitrogens with zero attached hydrogens (tertiary/aromatic N) is 4. The van der Waals surface area contributed by atoms with Gasteiger partial charge in [0.15, 0.2) is 5.82 Å². The third kappa shape index (κ3) is 4.23. The molecule has 0 aliphatic carbocycles. The number of benzene rings is 1. The molecule has 2 heterocycles. The third-order valence-corrected chi connectivity index (χ3v) is 3.43. The van der Waals surface area contributed by atoms with Crippen molar-refractivity contribution in [3.05, 3.63) is 72.2 Å². The Hall–Kier alpha value is -3.02. The topological polar surface area (TPSA) is 75.6 Å². The molecule has 0 bridgehead atoms. The molecule has 3 rings (SSSR count). The van der Waals surface area contributed by atoms with Crippen molar-refractivity contribution >= 4 is 11.8 Å². The normalized spacial score (nSPS) is 11.7. The summed E-state index contributed by atoms with van der Waals surface area (Å²) >= 11 is 0. The molecule has 0 saturated heterocycles. The number of hydrogen-bond donors (Lipinski definition) is 2. The van der Waals surface area contributed by atoms with Crippen molar-refractivity contribution in [3.63, 3.8) is 0 Å². The Morgan fingerprint density at radius 3 is 2.61 bits per heavy atom. The van der Waals surface area contributed by atoms with Crippen molar-refractivity contribution in [2.24, 2.45) is 0 Å². The lowest BCUT2D eigenvalue weighted by molar-refractivity contribution is 0.839. The van der Waals surface area contributed by atoms with Crippen molar-refractivity contribution in [1.29, 1.82) is 0 Å². The summed E-state index contributed by atoms with van der Waals surface area (Å²) in [6.07, 6.45) is 5.15. The monoisotopic (exact) mass is 306 g/mol. The molecule has 0 aliphatic heterocycles. The first-order valence-corrected chi connectivity index (χ1v) is 7.45. The van der Waals surface area contributed by atoms with Gasteiger partial charge in [0.2, 0.25) is 5.95 Å². The minimum absolute atomic E-state index is 0.105. The van der Waals surface area contributed by atoms with Crippen LogP contribution in [0.1, 0.15) is 24.1 Å². The van der Waals surface area contributed by atoms with Crippen LogP contribution in [-0.2, 0) is 6.54 Å². The van der Waals surface area contributed by atoms with E-state index in [2.05, 4.69) is 49.9 Å². The van der Waals surface area contributed by atoms with E-state index < -0.39 is 0 Å². The molecular weight excluding hydrogens is 288 g/mol. The van der Waals surface area contributed by atoms with E-state index in [0.717, 1.165) is 5.56 Å². The van der Waals surface area contributed by atoms with Crippen molar-refractivity contribution in [3.8, 4) is 0 Å². The van der Waals surface area contributed by atoms with E-state index in [-0.39, 0.29) is 6.04 Å². The smallest absolute Gasteiger partial charge is 0.245 e.